The van der Waals surface area contributed by atoms with Crippen LogP contribution in [0.3, 0.4) is 0 Å². The number of unbranched alkanes of at least 4 members (excludes halogenated alkanes) is 18. The van der Waals surface area contributed by atoms with Gasteiger partial charge in [0, 0.05) is 11.9 Å². The Morgan fingerprint density at radius 1 is 0.441 bits per heavy atom. The average molecular weight is 489 g/mol. The van der Waals surface area contributed by atoms with Crippen LogP contribution in [-0.2, 0) is 9.59 Å². The number of carbonyl (C=O) groups excluding carboxylic acids is 2. The van der Waals surface area contributed by atoms with Crippen molar-refractivity contribution in [2.24, 2.45) is 0 Å². The molecule has 34 heavy (non-hydrogen) atoms. The third-order valence-electron chi connectivity index (χ3n) is 5.74. The zero-order valence-electron chi connectivity index (χ0n) is 23.0. The van der Waals surface area contributed by atoms with Crippen LogP contribution in [0.2, 0.25) is 0 Å². The average Bonchev–Trinajstić information content (AvgIpc) is 2.81. The highest BCUT2D eigenvalue weighted by Gasteiger charge is 1.92. The molecule has 0 aromatic heterocycles. The van der Waals surface area contributed by atoms with Gasteiger partial charge in [-0.1, -0.05) is 117 Å². The molecule has 0 saturated heterocycles. The summed E-state index contributed by atoms with van der Waals surface area (Å²) in [4.78, 5) is 19.0. The molecule has 0 atom stereocenters. The van der Waals surface area contributed by atoms with E-state index in [1.165, 1.54) is 128 Å². The molecule has 6 N–H and O–H groups in total. The van der Waals surface area contributed by atoms with E-state index < -0.39 is 24.8 Å². The molecular weight excluding hydrogens is 428 g/mol. The van der Waals surface area contributed by atoms with Crippen molar-refractivity contribution in [3.8, 4) is 0 Å². The van der Waals surface area contributed by atoms with E-state index in [-0.39, 0.29) is 0 Å². The van der Waals surface area contributed by atoms with Gasteiger partial charge in [-0.15, -0.1) is 0 Å². The predicted molar refractivity (Wildman–Crippen MR) is 138 cm³/mol. The Kier molecular flexibility index (Phi) is 40.1. The summed E-state index contributed by atoms with van der Waals surface area (Å²) in [5, 5.41) is 19.0. The van der Waals surface area contributed by atoms with E-state index >= 15 is 0 Å². The maximum atomic E-state index is 9.50. The molecule has 0 rings (SSSR count). The molecule has 0 bridgehead atoms. The molecule has 0 radical (unpaired) electrons. The van der Waals surface area contributed by atoms with Crippen molar-refractivity contribution in [3.63, 3.8) is 0 Å². The molecule has 0 unspecified atom stereocenters. The first-order valence-corrected chi connectivity index (χ1v) is 14.4. The lowest BCUT2D eigenvalue weighted by Gasteiger charge is -2.00. The number of rotatable bonds is 23. The lowest BCUT2D eigenvalue weighted by Crippen LogP contribution is -2.50. The lowest BCUT2D eigenvalue weighted by atomic mass is 10.1. The van der Waals surface area contributed by atoms with Crippen molar-refractivity contribution in [1.82, 2.24) is 0 Å². The van der Waals surface area contributed by atoms with Crippen molar-refractivity contribution >= 4 is 11.9 Å². The molecule has 6 heteroatoms. The number of aliphatic carboxylic acids is 2. The van der Waals surface area contributed by atoms with Gasteiger partial charge in [0.1, 0.15) is 0 Å². The number of carbonyl (C=O) groups is 2. The van der Waals surface area contributed by atoms with E-state index in [0.29, 0.717) is 0 Å². The summed E-state index contributed by atoms with van der Waals surface area (Å²) in [7, 11) is 0. The van der Waals surface area contributed by atoms with E-state index in [1.807, 2.05) is 0 Å². The SMILES string of the molecule is CCCCCCCCCCCC[NH3+].CCCCCCCCCCCC[NH3+].O=C([O-])CCC(=O)[O-]. The highest BCUT2D eigenvalue weighted by atomic mass is 16.4. The largest absolute Gasteiger partial charge is 0.550 e. The first kappa shape index (κ1) is 37.4. The fourth-order valence-electron chi connectivity index (χ4n) is 3.53. The Balaban J connectivity index is -0.000000438. The Morgan fingerprint density at radius 2 is 0.647 bits per heavy atom. The summed E-state index contributed by atoms with van der Waals surface area (Å²) >= 11 is 0. The molecule has 0 saturated carbocycles. The van der Waals surface area contributed by atoms with Crippen LogP contribution in [0.25, 0.3) is 0 Å². The van der Waals surface area contributed by atoms with Crippen LogP contribution < -0.4 is 21.7 Å². The third kappa shape index (κ3) is 48.3. The van der Waals surface area contributed by atoms with Gasteiger partial charge in [-0.2, -0.15) is 0 Å². The molecular formula is C28H60N2O4. The Morgan fingerprint density at radius 3 is 0.824 bits per heavy atom. The highest BCUT2D eigenvalue weighted by Crippen LogP contribution is 2.10. The van der Waals surface area contributed by atoms with Gasteiger partial charge in [0.15, 0.2) is 0 Å². The van der Waals surface area contributed by atoms with Gasteiger partial charge >= 0.3 is 0 Å². The molecule has 0 heterocycles. The quantitative estimate of drug-likeness (QED) is 0.212. The summed E-state index contributed by atoms with van der Waals surface area (Å²) in [6, 6.07) is 0. The molecule has 0 aromatic rings. The van der Waals surface area contributed by atoms with Crippen molar-refractivity contribution in [1.29, 1.82) is 0 Å². The van der Waals surface area contributed by atoms with E-state index in [4.69, 9.17) is 0 Å². The fourth-order valence-corrected chi connectivity index (χ4v) is 3.53. The van der Waals surface area contributed by atoms with Crippen molar-refractivity contribution < 1.29 is 31.3 Å². The van der Waals surface area contributed by atoms with E-state index in [9.17, 15) is 19.8 Å². The minimum Gasteiger partial charge on any atom is -0.550 e. The highest BCUT2D eigenvalue weighted by molar-refractivity contribution is 5.72. The van der Waals surface area contributed by atoms with Crippen LogP contribution in [0.5, 0.6) is 0 Å². The smallest absolute Gasteiger partial charge is 0.0739 e. The van der Waals surface area contributed by atoms with Gasteiger partial charge in [-0.25, -0.2) is 0 Å². The zero-order chi connectivity index (χ0) is 26.1. The number of carboxylic acid groups (broad SMARTS) is 2. The summed E-state index contributed by atoms with van der Waals surface area (Å²) in [6.45, 7) is 6.80. The van der Waals surface area contributed by atoms with Gasteiger partial charge in [0.05, 0.1) is 13.1 Å². The van der Waals surface area contributed by atoms with Gasteiger partial charge in [0.2, 0.25) is 0 Å². The molecule has 0 aliphatic rings. The summed E-state index contributed by atoms with van der Waals surface area (Å²) in [6.07, 6.45) is 27.6. The van der Waals surface area contributed by atoms with Gasteiger partial charge < -0.3 is 31.3 Å². The first-order valence-electron chi connectivity index (χ1n) is 14.4. The maximum absolute atomic E-state index is 9.50. The number of hydrogen-bond donors (Lipinski definition) is 2. The fraction of sp³-hybridized carbons (Fsp3) is 0.929. The Bertz CT molecular complexity index is 337. The van der Waals surface area contributed by atoms with E-state index in [1.54, 1.807) is 0 Å². The van der Waals surface area contributed by atoms with Crippen molar-refractivity contribution in [2.45, 2.75) is 155 Å². The van der Waals surface area contributed by atoms with Gasteiger partial charge in [-0.05, 0) is 38.5 Å². The van der Waals surface area contributed by atoms with Crippen LogP contribution in [0, 0.1) is 0 Å². The van der Waals surface area contributed by atoms with Gasteiger partial charge in [-0.3, -0.25) is 0 Å². The van der Waals surface area contributed by atoms with Crippen LogP contribution in [-0.4, -0.2) is 25.0 Å². The van der Waals surface area contributed by atoms with Crippen LogP contribution in [0.4, 0.5) is 0 Å². The van der Waals surface area contributed by atoms with Gasteiger partial charge in [0.25, 0.3) is 0 Å². The molecule has 0 aliphatic carbocycles. The van der Waals surface area contributed by atoms with Crippen LogP contribution in [0.1, 0.15) is 155 Å². The van der Waals surface area contributed by atoms with E-state index in [0.717, 1.165) is 13.1 Å². The standard InChI is InChI=1S/2C12H27N.C4H6O4/c2*1-2-3-4-5-6-7-8-9-10-11-12-13;5-3(6)1-2-4(7)8/h2*2-13H2,1H3;1-2H2,(H,5,6)(H,7,8). The molecule has 206 valence electrons. The summed E-state index contributed by atoms with van der Waals surface area (Å²) in [5.41, 5.74) is 7.71. The second-order valence-corrected chi connectivity index (χ2v) is 9.32. The molecule has 0 aromatic carbocycles. The molecule has 0 fully saturated rings. The van der Waals surface area contributed by atoms with Crippen LogP contribution in [0.15, 0.2) is 0 Å². The molecule has 0 aliphatic heterocycles. The van der Waals surface area contributed by atoms with Crippen molar-refractivity contribution in [3.05, 3.63) is 0 Å². The normalized spacial score (nSPS) is 10.1. The summed E-state index contributed by atoms with van der Waals surface area (Å²) in [5.74, 6) is -2.73. The minimum absolute atomic E-state index is 0.470. The molecule has 0 amide bonds. The predicted octanol–water partition coefficient (Wildman–Crippen LogP) is 3.56. The lowest BCUT2D eigenvalue weighted by molar-refractivity contribution is -0.368. The maximum Gasteiger partial charge on any atom is 0.0739 e. The minimum atomic E-state index is -1.37. The second kappa shape index (κ2) is 36.4. The zero-order valence-corrected chi connectivity index (χ0v) is 23.0. The molecule has 0 spiro atoms. The van der Waals surface area contributed by atoms with E-state index in [2.05, 4.69) is 25.3 Å². The van der Waals surface area contributed by atoms with Crippen molar-refractivity contribution in [2.75, 3.05) is 13.1 Å². The summed E-state index contributed by atoms with van der Waals surface area (Å²) < 4.78 is 0. The number of carboxylic acids is 2. The van der Waals surface area contributed by atoms with Crippen LogP contribution >= 0.6 is 0 Å². The Hall–Kier alpha value is -1.14. The topological polar surface area (TPSA) is 136 Å². The second-order valence-electron chi connectivity index (χ2n) is 9.32. The monoisotopic (exact) mass is 488 g/mol. The third-order valence-corrected chi connectivity index (χ3v) is 5.74. The molecule has 6 nitrogen and oxygen atoms in total. The Labute approximate surface area is 211 Å². The number of quaternary nitrogens is 2. The first-order chi connectivity index (χ1) is 16.5. The number of hydrogen-bond acceptors (Lipinski definition) is 4.